The van der Waals surface area contributed by atoms with Crippen LogP contribution in [0.3, 0.4) is 0 Å². The summed E-state index contributed by atoms with van der Waals surface area (Å²) >= 11 is 7.49. The predicted octanol–water partition coefficient (Wildman–Crippen LogP) is 3.19. The van der Waals surface area contributed by atoms with E-state index in [1.807, 2.05) is 5.38 Å². The number of aromatic nitrogens is 2. The fourth-order valence-corrected chi connectivity index (χ4v) is 5.58. The Morgan fingerprint density at radius 2 is 2.10 bits per heavy atom. The molecule has 1 aliphatic rings. The van der Waals surface area contributed by atoms with Crippen LogP contribution in [0, 0.1) is 10.1 Å². The molecular weight excluding hydrogens is 440 g/mol. The monoisotopic (exact) mass is 454 g/mol. The van der Waals surface area contributed by atoms with Crippen molar-refractivity contribution in [1.82, 2.24) is 13.7 Å². The highest BCUT2D eigenvalue weighted by molar-refractivity contribution is 7.89. The van der Waals surface area contributed by atoms with Crippen molar-refractivity contribution in [1.29, 1.82) is 0 Å². The zero-order valence-electron chi connectivity index (χ0n) is 14.9. The maximum Gasteiger partial charge on any atom is 0.295 e. The number of hydrogen-bond acceptors (Lipinski definition) is 8. The number of rotatable bonds is 6. The first-order valence-corrected chi connectivity index (χ1v) is 11.3. The zero-order valence-corrected chi connectivity index (χ0v) is 17.2. The van der Waals surface area contributed by atoms with Gasteiger partial charge in [-0.05, 0) is 25.0 Å². The van der Waals surface area contributed by atoms with Crippen LogP contribution in [0.4, 0.5) is 11.4 Å². The standard InChI is InChI=1S/C16H15ClN6O4S2/c17-15-14(22-7-8-28-16(22)19-15)10-18-20-12-4-3-11(9-13(12)23(24)25)29(26,27)21-5-1-2-6-21/h3-4,7-10,20H,1-2,5-6H2/b18-10+. The van der Waals surface area contributed by atoms with E-state index in [9.17, 15) is 18.5 Å². The van der Waals surface area contributed by atoms with Crippen molar-refractivity contribution in [2.75, 3.05) is 18.5 Å². The van der Waals surface area contributed by atoms with Gasteiger partial charge in [-0.2, -0.15) is 9.41 Å². The molecule has 0 atom stereocenters. The molecule has 0 amide bonds. The lowest BCUT2D eigenvalue weighted by Gasteiger charge is -2.15. The number of nitrogens with zero attached hydrogens (tertiary/aromatic N) is 5. The van der Waals surface area contributed by atoms with Gasteiger partial charge in [-0.1, -0.05) is 11.6 Å². The molecule has 1 aliphatic heterocycles. The van der Waals surface area contributed by atoms with Gasteiger partial charge in [0.1, 0.15) is 11.4 Å². The van der Waals surface area contributed by atoms with Gasteiger partial charge in [0.15, 0.2) is 10.1 Å². The lowest BCUT2D eigenvalue weighted by atomic mass is 10.3. The van der Waals surface area contributed by atoms with E-state index in [2.05, 4.69) is 15.5 Å². The van der Waals surface area contributed by atoms with E-state index < -0.39 is 14.9 Å². The fraction of sp³-hybridized carbons (Fsp3) is 0.250. The summed E-state index contributed by atoms with van der Waals surface area (Å²) in [6.45, 7) is 0.840. The molecule has 13 heteroatoms. The second kappa shape index (κ2) is 7.71. The van der Waals surface area contributed by atoms with Crippen LogP contribution < -0.4 is 5.43 Å². The topological polar surface area (TPSA) is 122 Å². The van der Waals surface area contributed by atoms with Gasteiger partial charge in [0.25, 0.3) is 5.69 Å². The molecule has 2 aromatic heterocycles. The molecule has 4 rings (SSSR count). The Kier molecular flexibility index (Phi) is 5.25. The Morgan fingerprint density at radius 1 is 1.34 bits per heavy atom. The molecule has 1 aromatic carbocycles. The molecule has 0 spiro atoms. The van der Waals surface area contributed by atoms with Crippen LogP contribution >= 0.6 is 22.9 Å². The maximum atomic E-state index is 12.7. The molecule has 0 unspecified atom stereocenters. The minimum atomic E-state index is -3.76. The van der Waals surface area contributed by atoms with Gasteiger partial charge in [0.2, 0.25) is 10.0 Å². The second-order valence-electron chi connectivity index (χ2n) is 6.26. The molecule has 3 aromatic rings. The van der Waals surface area contributed by atoms with Crippen molar-refractivity contribution in [2.45, 2.75) is 17.7 Å². The second-order valence-corrected chi connectivity index (χ2v) is 9.43. The smallest absolute Gasteiger partial charge is 0.288 e. The Balaban J connectivity index is 1.61. The SMILES string of the molecule is O=[N+]([O-])c1cc(S(=O)(=O)N2CCCC2)ccc1N/N=C/c1c(Cl)nc2sccn12. The molecule has 0 bridgehead atoms. The van der Waals surface area contributed by atoms with E-state index in [4.69, 9.17) is 11.6 Å². The van der Waals surface area contributed by atoms with Crippen LogP contribution in [-0.4, -0.2) is 46.3 Å². The van der Waals surface area contributed by atoms with E-state index >= 15 is 0 Å². The van der Waals surface area contributed by atoms with Gasteiger partial charge in [-0.15, -0.1) is 11.3 Å². The largest absolute Gasteiger partial charge is 0.295 e. The van der Waals surface area contributed by atoms with Crippen LogP contribution in [0.5, 0.6) is 0 Å². The number of thiazole rings is 1. The minimum absolute atomic E-state index is 0.0637. The van der Waals surface area contributed by atoms with Crippen molar-refractivity contribution >= 4 is 55.5 Å². The Hall–Kier alpha value is -2.54. The van der Waals surface area contributed by atoms with E-state index in [1.165, 1.54) is 34.0 Å². The molecule has 10 nitrogen and oxygen atoms in total. The summed E-state index contributed by atoms with van der Waals surface area (Å²) in [6, 6.07) is 3.71. The molecule has 3 heterocycles. The van der Waals surface area contributed by atoms with Crippen molar-refractivity contribution in [3.8, 4) is 0 Å². The van der Waals surface area contributed by atoms with Gasteiger partial charge in [-0.3, -0.25) is 19.9 Å². The molecule has 152 valence electrons. The average Bonchev–Trinajstić information content (AvgIpc) is 3.41. The predicted molar refractivity (Wildman–Crippen MR) is 110 cm³/mol. The van der Waals surface area contributed by atoms with Crippen LogP contribution in [0.2, 0.25) is 5.15 Å². The van der Waals surface area contributed by atoms with Crippen LogP contribution in [0.15, 0.2) is 39.8 Å². The maximum absolute atomic E-state index is 12.7. The lowest BCUT2D eigenvalue weighted by Crippen LogP contribution is -2.27. The van der Waals surface area contributed by atoms with Gasteiger partial charge in [-0.25, -0.2) is 13.4 Å². The highest BCUT2D eigenvalue weighted by Crippen LogP contribution is 2.30. The van der Waals surface area contributed by atoms with Crippen LogP contribution in [-0.2, 0) is 10.0 Å². The molecular formula is C16H15ClN6O4S2. The number of hydrazone groups is 1. The summed E-state index contributed by atoms with van der Waals surface area (Å²) < 4.78 is 28.4. The van der Waals surface area contributed by atoms with Crippen molar-refractivity contribution < 1.29 is 13.3 Å². The Labute approximate surface area is 174 Å². The minimum Gasteiger partial charge on any atom is -0.288 e. The van der Waals surface area contributed by atoms with Gasteiger partial charge in [0.05, 0.1) is 16.0 Å². The first-order chi connectivity index (χ1) is 13.9. The summed E-state index contributed by atoms with van der Waals surface area (Å²) in [5.41, 5.74) is 2.79. The number of imidazole rings is 1. The molecule has 1 N–H and O–H groups in total. The van der Waals surface area contributed by atoms with Crippen molar-refractivity contribution in [3.05, 3.63) is 50.7 Å². The first-order valence-electron chi connectivity index (χ1n) is 8.56. The van der Waals surface area contributed by atoms with E-state index in [0.717, 1.165) is 18.9 Å². The van der Waals surface area contributed by atoms with Gasteiger partial charge in [0, 0.05) is 30.7 Å². The number of halogens is 1. The van der Waals surface area contributed by atoms with Crippen molar-refractivity contribution in [2.24, 2.45) is 5.10 Å². The number of nitro benzene ring substituents is 1. The van der Waals surface area contributed by atoms with Gasteiger partial charge < -0.3 is 0 Å². The molecule has 29 heavy (non-hydrogen) atoms. The summed E-state index contributed by atoms with van der Waals surface area (Å²) in [5, 5.41) is 17.6. The summed E-state index contributed by atoms with van der Waals surface area (Å²) in [6.07, 6.45) is 4.74. The van der Waals surface area contributed by atoms with Crippen molar-refractivity contribution in [3.63, 3.8) is 0 Å². The summed E-state index contributed by atoms with van der Waals surface area (Å²) in [4.78, 5) is 15.6. The fourth-order valence-electron chi connectivity index (χ4n) is 3.05. The molecule has 0 aliphatic carbocycles. The number of hydrogen-bond donors (Lipinski definition) is 1. The molecule has 1 fully saturated rings. The van der Waals surface area contributed by atoms with Gasteiger partial charge >= 0.3 is 0 Å². The number of benzene rings is 1. The highest BCUT2D eigenvalue weighted by Gasteiger charge is 2.29. The zero-order chi connectivity index (χ0) is 20.6. The third-order valence-electron chi connectivity index (χ3n) is 4.49. The summed E-state index contributed by atoms with van der Waals surface area (Å²) in [5.74, 6) is 0. The normalized spacial score (nSPS) is 15.5. The number of sulfonamides is 1. The Morgan fingerprint density at radius 3 is 2.83 bits per heavy atom. The highest BCUT2D eigenvalue weighted by atomic mass is 35.5. The van der Waals surface area contributed by atoms with Crippen LogP contribution in [0.25, 0.3) is 4.96 Å². The van der Waals surface area contributed by atoms with E-state index in [0.29, 0.717) is 23.7 Å². The molecule has 0 saturated carbocycles. The Bertz CT molecular complexity index is 1210. The number of nitrogens with one attached hydrogen (secondary N) is 1. The summed E-state index contributed by atoms with van der Waals surface area (Å²) in [7, 11) is -3.76. The average molecular weight is 455 g/mol. The first kappa shape index (κ1) is 19.8. The number of fused-ring (bicyclic) bond motifs is 1. The molecule has 1 saturated heterocycles. The third kappa shape index (κ3) is 3.71. The van der Waals surface area contributed by atoms with E-state index in [1.54, 1.807) is 10.6 Å². The third-order valence-corrected chi connectivity index (χ3v) is 7.42. The molecule has 0 radical (unpaired) electrons. The van der Waals surface area contributed by atoms with Crippen LogP contribution in [0.1, 0.15) is 18.5 Å². The number of anilines is 1. The quantitative estimate of drug-likeness (QED) is 0.346. The lowest BCUT2D eigenvalue weighted by molar-refractivity contribution is -0.384. The van der Waals surface area contributed by atoms with E-state index in [-0.39, 0.29) is 21.4 Å². The number of nitro groups is 1.